The maximum Gasteiger partial charge on any atom is 0.276 e. The lowest BCUT2D eigenvalue weighted by Gasteiger charge is -2.12. The second-order valence-corrected chi connectivity index (χ2v) is 8.70. The number of ether oxygens (including phenoxy) is 2. The second-order valence-electron chi connectivity index (χ2n) is 8.70. The number of amides is 2. The van der Waals surface area contributed by atoms with E-state index in [4.69, 9.17) is 9.47 Å². The van der Waals surface area contributed by atoms with Gasteiger partial charge in [-0.05, 0) is 49.2 Å². The Hall–Kier alpha value is -4.86. The van der Waals surface area contributed by atoms with Crippen LogP contribution in [0.25, 0.3) is 6.08 Å². The molecule has 38 heavy (non-hydrogen) atoms. The summed E-state index contributed by atoms with van der Waals surface area (Å²) in [5.74, 6) is 0.673. The lowest BCUT2D eigenvalue weighted by Crippen LogP contribution is -2.19. The second kappa shape index (κ2) is 11.5. The molecule has 2 aromatic heterocycles. The molecule has 2 aromatic carbocycles. The zero-order chi connectivity index (χ0) is 27.2. The number of carbonyl (C=O) groups excluding carboxylic acids is 2. The molecule has 2 heterocycles. The minimum absolute atomic E-state index is 0.218. The van der Waals surface area contributed by atoms with Crippen molar-refractivity contribution in [3.8, 4) is 11.5 Å². The van der Waals surface area contributed by atoms with Crippen LogP contribution in [-0.2, 0) is 25.5 Å². The lowest BCUT2D eigenvalue weighted by atomic mass is 10.1. The van der Waals surface area contributed by atoms with Gasteiger partial charge in [0, 0.05) is 25.7 Å². The maximum absolute atomic E-state index is 12.9. The van der Waals surface area contributed by atoms with Gasteiger partial charge in [0.25, 0.3) is 5.91 Å². The first-order chi connectivity index (χ1) is 18.3. The van der Waals surface area contributed by atoms with Crippen molar-refractivity contribution in [2.45, 2.75) is 20.5 Å². The molecular formula is C28H30N6O4. The van der Waals surface area contributed by atoms with E-state index in [-0.39, 0.29) is 5.69 Å². The first kappa shape index (κ1) is 26.2. The fourth-order valence-electron chi connectivity index (χ4n) is 3.84. The predicted molar refractivity (Wildman–Crippen MR) is 145 cm³/mol. The number of methoxy groups -OCH3 is 1. The summed E-state index contributed by atoms with van der Waals surface area (Å²) in [6.45, 7) is 4.15. The summed E-state index contributed by atoms with van der Waals surface area (Å²) in [4.78, 5) is 25.6. The molecule has 0 aliphatic rings. The number of aromatic nitrogens is 4. The Morgan fingerprint density at radius 1 is 0.947 bits per heavy atom. The van der Waals surface area contributed by atoms with E-state index in [9.17, 15) is 9.59 Å². The average molecular weight is 515 g/mol. The van der Waals surface area contributed by atoms with E-state index in [1.807, 2.05) is 56.3 Å². The van der Waals surface area contributed by atoms with Gasteiger partial charge in [-0.15, -0.1) is 0 Å². The molecule has 2 N–H and O–H groups in total. The fraction of sp³-hybridized carbons (Fsp3) is 0.214. The minimum atomic E-state index is -0.408. The van der Waals surface area contributed by atoms with Gasteiger partial charge >= 0.3 is 0 Å². The Kier molecular flexibility index (Phi) is 7.91. The molecule has 10 heteroatoms. The lowest BCUT2D eigenvalue weighted by molar-refractivity contribution is -0.111. The maximum atomic E-state index is 12.9. The molecule has 0 radical (unpaired) electrons. The molecule has 196 valence electrons. The number of rotatable bonds is 9. The van der Waals surface area contributed by atoms with Crippen LogP contribution < -0.4 is 20.1 Å². The van der Waals surface area contributed by atoms with E-state index in [0.29, 0.717) is 23.7 Å². The third-order valence-electron chi connectivity index (χ3n) is 6.10. The topological polar surface area (TPSA) is 112 Å². The number of nitrogens with zero attached hydrogens (tertiary/aromatic N) is 4. The molecule has 2 amide bonds. The minimum Gasteiger partial charge on any atom is -0.496 e. The first-order valence-corrected chi connectivity index (χ1v) is 11.9. The van der Waals surface area contributed by atoms with Crippen molar-refractivity contribution < 1.29 is 19.1 Å². The van der Waals surface area contributed by atoms with Crippen LogP contribution in [0, 0.1) is 13.8 Å². The number of aryl methyl sites for hydroxylation is 3. The van der Waals surface area contributed by atoms with Crippen molar-refractivity contribution in [1.29, 1.82) is 0 Å². The third-order valence-corrected chi connectivity index (χ3v) is 6.10. The highest BCUT2D eigenvalue weighted by atomic mass is 16.5. The van der Waals surface area contributed by atoms with Crippen molar-refractivity contribution in [3.63, 3.8) is 0 Å². The van der Waals surface area contributed by atoms with Gasteiger partial charge in [0.2, 0.25) is 5.91 Å². The molecule has 0 atom stereocenters. The van der Waals surface area contributed by atoms with E-state index in [1.54, 1.807) is 38.2 Å². The SMILES string of the molecule is COc1ccc(/C=C/C(=O)Nc2cnn(C)c2C(=O)Nc2cnn(C)c2C)cc1COc1ccccc1C. The summed E-state index contributed by atoms with van der Waals surface area (Å²) in [5, 5.41) is 13.8. The molecule has 0 saturated heterocycles. The first-order valence-electron chi connectivity index (χ1n) is 11.9. The standard InChI is InChI=1S/C28H30N6O4/c1-18-8-6-7-9-24(18)38-17-21-14-20(10-12-25(21)37-5)11-13-26(35)31-23-16-30-34(4)27(23)28(36)32-22-15-29-33(3)19(22)2/h6-16H,17H2,1-5H3,(H,31,35)(H,32,36)/b13-11+. The summed E-state index contributed by atoms with van der Waals surface area (Å²) in [6, 6.07) is 13.4. The number of anilines is 2. The van der Waals surface area contributed by atoms with E-state index in [0.717, 1.165) is 28.1 Å². The van der Waals surface area contributed by atoms with Crippen LogP contribution in [0.2, 0.25) is 0 Å². The van der Waals surface area contributed by atoms with Gasteiger partial charge in [-0.2, -0.15) is 10.2 Å². The van der Waals surface area contributed by atoms with E-state index < -0.39 is 11.8 Å². The molecule has 0 fully saturated rings. The average Bonchev–Trinajstić information content (AvgIpc) is 3.43. The smallest absolute Gasteiger partial charge is 0.276 e. The van der Waals surface area contributed by atoms with E-state index in [1.165, 1.54) is 17.0 Å². The summed E-state index contributed by atoms with van der Waals surface area (Å²) in [7, 11) is 5.03. The molecular weight excluding hydrogens is 484 g/mol. The Bertz CT molecular complexity index is 1500. The van der Waals surface area contributed by atoms with Crippen LogP contribution in [0.3, 0.4) is 0 Å². The van der Waals surface area contributed by atoms with Gasteiger partial charge in [-0.3, -0.25) is 19.0 Å². The number of hydrogen-bond donors (Lipinski definition) is 2. The van der Waals surface area contributed by atoms with Gasteiger partial charge in [0.15, 0.2) is 0 Å². The number of benzene rings is 2. The number of nitrogens with one attached hydrogen (secondary N) is 2. The summed E-state index contributed by atoms with van der Waals surface area (Å²) in [5.41, 5.74) is 4.57. The quantitative estimate of drug-likeness (QED) is 0.323. The van der Waals surface area contributed by atoms with Crippen LogP contribution >= 0.6 is 0 Å². The van der Waals surface area contributed by atoms with Crippen LogP contribution in [0.1, 0.15) is 32.9 Å². The molecule has 4 aromatic rings. The van der Waals surface area contributed by atoms with Gasteiger partial charge in [0.05, 0.1) is 36.6 Å². The highest BCUT2D eigenvalue weighted by Crippen LogP contribution is 2.25. The molecule has 4 rings (SSSR count). The molecule has 0 saturated carbocycles. The van der Waals surface area contributed by atoms with Crippen LogP contribution in [-0.4, -0.2) is 38.5 Å². The third kappa shape index (κ3) is 5.92. The summed E-state index contributed by atoms with van der Waals surface area (Å²) in [6.07, 6.45) is 6.08. The number of para-hydroxylation sites is 1. The van der Waals surface area contributed by atoms with Crippen molar-refractivity contribution >= 4 is 29.3 Å². The summed E-state index contributed by atoms with van der Waals surface area (Å²) < 4.78 is 14.5. The van der Waals surface area contributed by atoms with E-state index >= 15 is 0 Å². The molecule has 0 bridgehead atoms. The monoisotopic (exact) mass is 514 g/mol. The Morgan fingerprint density at radius 2 is 1.68 bits per heavy atom. The van der Waals surface area contributed by atoms with E-state index in [2.05, 4.69) is 20.8 Å². The fourth-order valence-corrected chi connectivity index (χ4v) is 3.84. The molecule has 0 aliphatic carbocycles. The van der Waals surface area contributed by atoms with Gasteiger partial charge < -0.3 is 20.1 Å². The van der Waals surface area contributed by atoms with Gasteiger partial charge in [0.1, 0.15) is 23.8 Å². The normalized spacial score (nSPS) is 11.0. The van der Waals surface area contributed by atoms with Crippen LogP contribution in [0.15, 0.2) is 60.9 Å². The zero-order valence-corrected chi connectivity index (χ0v) is 22.0. The zero-order valence-electron chi connectivity index (χ0n) is 22.0. The van der Waals surface area contributed by atoms with Gasteiger partial charge in [-0.1, -0.05) is 24.3 Å². The van der Waals surface area contributed by atoms with Gasteiger partial charge in [-0.25, -0.2) is 0 Å². The van der Waals surface area contributed by atoms with Crippen LogP contribution in [0.4, 0.5) is 11.4 Å². The van der Waals surface area contributed by atoms with Crippen molar-refractivity contribution in [2.75, 3.05) is 17.7 Å². The molecule has 10 nitrogen and oxygen atoms in total. The highest BCUT2D eigenvalue weighted by Gasteiger charge is 2.20. The number of hydrogen-bond acceptors (Lipinski definition) is 6. The van der Waals surface area contributed by atoms with Crippen molar-refractivity contribution in [2.24, 2.45) is 14.1 Å². The Labute approximate surface area is 220 Å². The molecule has 0 unspecified atom stereocenters. The van der Waals surface area contributed by atoms with Crippen molar-refractivity contribution in [1.82, 2.24) is 19.6 Å². The van der Waals surface area contributed by atoms with Crippen molar-refractivity contribution in [3.05, 3.63) is 89.0 Å². The predicted octanol–water partition coefficient (Wildman–Crippen LogP) is 4.26. The highest BCUT2D eigenvalue weighted by molar-refractivity contribution is 6.10. The Morgan fingerprint density at radius 3 is 2.39 bits per heavy atom. The molecule has 0 spiro atoms. The molecule has 0 aliphatic heterocycles. The van der Waals surface area contributed by atoms with Crippen LogP contribution in [0.5, 0.6) is 11.5 Å². The summed E-state index contributed by atoms with van der Waals surface area (Å²) >= 11 is 0. The number of carbonyl (C=O) groups is 2. The largest absolute Gasteiger partial charge is 0.496 e. The Balaban J connectivity index is 1.45.